The standard InChI is InChI=1S/C12H18N2O4S/c1-9-4-5-10(12(15)16)11(8-9)13-6-3-7-14-19(2,17)18/h4-5,8,13-14H,3,6-7H2,1-2H3,(H,15,16). The molecule has 6 nitrogen and oxygen atoms in total. The van der Waals surface area contributed by atoms with E-state index in [-0.39, 0.29) is 5.56 Å². The molecule has 0 saturated heterocycles. The van der Waals surface area contributed by atoms with Gasteiger partial charge in [0.1, 0.15) is 0 Å². The average molecular weight is 286 g/mol. The van der Waals surface area contributed by atoms with E-state index in [0.29, 0.717) is 25.2 Å². The highest BCUT2D eigenvalue weighted by molar-refractivity contribution is 7.88. The van der Waals surface area contributed by atoms with Crippen LogP contribution in [-0.2, 0) is 10.0 Å². The molecule has 0 atom stereocenters. The molecule has 0 aliphatic carbocycles. The summed E-state index contributed by atoms with van der Waals surface area (Å²) in [4.78, 5) is 11.0. The van der Waals surface area contributed by atoms with Crippen LogP contribution in [0.3, 0.4) is 0 Å². The summed E-state index contributed by atoms with van der Waals surface area (Å²) in [6, 6.07) is 5.04. The van der Waals surface area contributed by atoms with Gasteiger partial charge in [-0.15, -0.1) is 0 Å². The van der Waals surface area contributed by atoms with E-state index < -0.39 is 16.0 Å². The number of carbonyl (C=O) groups is 1. The number of anilines is 1. The number of hydrogen-bond acceptors (Lipinski definition) is 4. The highest BCUT2D eigenvalue weighted by Gasteiger charge is 2.09. The van der Waals surface area contributed by atoms with Crippen molar-refractivity contribution in [2.75, 3.05) is 24.7 Å². The summed E-state index contributed by atoms with van der Waals surface area (Å²) in [5.41, 5.74) is 1.72. The minimum atomic E-state index is -3.17. The largest absolute Gasteiger partial charge is 0.478 e. The van der Waals surface area contributed by atoms with Crippen molar-refractivity contribution in [2.45, 2.75) is 13.3 Å². The third-order valence-electron chi connectivity index (χ3n) is 2.44. The minimum absolute atomic E-state index is 0.210. The molecule has 1 aromatic carbocycles. The van der Waals surface area contributed by atoms with E-state index in [1.165, 1.54) is 0 Å². The molecule has 0 heterocycles. The molecule has 0 fully saturated rings. The van der Waals surface area contributed by atoms with Gasteiger partial charge in [-0.05, 0) is 31.0 Å². The van der Waals surface area contributed by atoms with Crippen LogP contribution in [0.15, 0.2) is 18.2 Å². The molecule has 1 aromatic rings. The van der Waals surface area contributed by atoms with Crippen LogP contribution in [0.1, 0.15) is 22.3 Å². The van der Waals surface area contributed by atoms with Crippen LogP contribution in [0.25, 0.3) is 0 Å². The van der Waals surface area contributed by atoms with Crippen molar-refractivity contribution in [3.05, 3.63) is 29.3 Å². The van der Waals surface area contributed by atoms with E-state index in [1.54, 1.807) is 18.2 Å². The Morgan fingerprint density at radius 2 is 2.00 bits per heavy atom. The Balaban J connectivity index is 2.53. The lowest BCUT2D eigenvalue weighted by Gasteiger charge is -2.10. The molecule has 106 valence electrons. The van der Waals surface area contributed by atoms with E-state index >= 15 is 0 Å². The average Bonchev–Trinajstić information content (AvgIpc) is 2.26. The third kappa shape index (κ3) is 5.71. The second-order valence-corrected chi connectivity index (χ2v) is 6.13. The van der Waals surface area contributed by atoms with Crippen molar-refractivity contribution < 1.29 is 18.3 Å². The molecule has 1 rings (SSSR count). The Hall–Kier alpha value is -1.60. The van der Waals surface area contributed by atoms with Gasteiger partial charge in [-0.1, -0.05) is 6.07 Å². The Kier molecular flexibility index (Phi) is 5.31. The van der Waals surface area contributed by atoms with Crippen LogP contribution >= 0.6 is 0 Å². The fourth-order valence-corrected chi connectivity index (χ4v) is 2.07. The first kappa shape index (κ1) is 15.5. The number of rotatable bonds is 7. The Labute approximate surface area is 112 Å². The van der Waals surface area contributed by atoms with Crippen LogP contribution in [0.2, 0.25) is 0 Å². The Morgan fingerprint density at radius 3 is 2.58 bits per heavy atom. The smallest absolute Gasteiger partial charge is 0.337 e. The van der Waals surface area contributed by atoms with Crippen LogP contribution in [0.5, 0.6) is 0 Å². The molecule has 0 aromatic heterocycles. The van der Waals surface area contributed by atoms with E-state index in [4.69, 9.17) is 5.11 Å². The Bertz CT molecular complexity index is 555. The molecule has 3 N–H and O–H groups in total. The number of carboxylic acids is 1. The second kappa shape index (κ2) is 6.53. The minimum Gasteiger partial charge on any atom is -0.478 e. The second-order valence-electron chi connectivity index (χ2n) is 4.30. The van der Waals surface area contributed by atoms with Crippen molar-refractivity contribution in [3.63, 3.8) is 0 Å². The molecule has 7 heteroatoms. The summed E-state index contributed by atoms with van der Waals surface area (Å²) in [6.07, 6.45) is 1.67. The number of carboxylic acid groups (broad SMARTS) is 1. The fraction of sp³-hybridized carbons (Fsp3) is 0.417. The molecule has 0 bridgehead atoms. The van der Waals surface area contributed by atoms with Gasteiger partial charge in [-0.25, -0.2) is 17.9 Å². The van der Waals surface area contributed by atoms with Gasteiger partial charge >= 0.3 is 5.97 Å². The SMILES string of the molecule is Cc1ccc(C(=O)O)c(NCCCNS(C)(=O)=O)c1. The topological polar surface area (TPSA) is 95.5 Å². The predicted octanol–water partition coefficient (Wildman–Crippen LogP) is 1.04. The first-order chi connectivity index (χ1) is 8.79. The van der Waals surface area contributed by atoms with Crippen LogP contribution in [0, 0.1) is 6.92 Å². The number of benzene rings is 1. The van der Waals surface area contributed by atoms with Crippen LogP contribution in [0.4, 0.5) is 5.69 Å². The van der Waals surface area contributed by atoms with Crippen molar-refractivity contribution in [3.8, 4) is 0 Å². The van der Waals surface area contributed by atoms with Crippen molar-refractivity contribution in [1.29, 1.82) is 0 Å². The third-order valence-corrected chi connectivity index (χ3v) is 3.17. The van der Waals surface area contributed by atoms with Crippen LogP contribution in [-0.4, -0.2) is 38.8 Å². The lowest BCUT2D eigenvalue weighted by atomic mass is 10.1. The number of sulfonamides is 1. The quantitative estimate of drug-likeness (QED) is 0.651. The molecule has 19 heavy (non-hydrogen) atoms. The molecule has 0 amide bonds. The zero-order valence-electron chi connectivity index (χ0n) is 10.9. The summed E-state index contributed by atoms with van der Waals surface area (Å²) in [5, 5.41) is 12.0. The molecule has 0 spiro atoms. The van der Waals surface area contributed by atoms with Crippen molar-refractivity contribution in [2.24, 2.45) is 0 Å². The van der Waals surface area contributed by atoms with Gasteiger partial charge < -0.3 is 10.4 Å². The maximum absolute atomic E-state index is 11.0. The molecule has 0 radical (unpaired) electrons. The summed E-state index contributed by atoms with van der Waals surface area (Å²) < 4.78 is 24.1. The monoisotopic (exact) mass is 286 g/mol. The number of hydrogen-bond donors (Lipinski definition) is 3. The van der Waals surface area contributed by atoms with Gasteiger partial charge in [0, 0.05) is 18.8 Å². The zero-order chi connectivity index (χ0) is 14.5. The first-order valence-corrected chi connectivity index (χ1v) is 7.71. The van der Waals surface area contributed by atoms with Gasteiger partial charge in [0.2, 0.25) is 10.0 Å². The number of aromatic carboxylic acids is 1. The van der Waals surface area contributed by atoms with Gasteiger partial charge in [-0.2, -0.15) is 0 Å². The first-order valence-electron chi connectivity index (χ1n) is 5.82. The van der Waals surface area contributed by atoms with Gasteiger partial charge in [0.05, 0.1) is 11.8 Å². The summed E-state index contributed by atoms with van der Waals surface area (Å²) in [5.74, 6) is -0.989. The molecular formula is C12H18N2O4S. The van der Waals surface area contributed by atoms with Gasteiger partial charge in [0.25, 0.3) is 0 Å². The fourth-order valence-electron chi connectivity index (χ4n) is 1.56. The van der Waals surface area contributed by atoms with E-state index in [0.717, 1.165) is 11.8 Å². The maximum Gasteiger partial charge on any atom is 0.337 e. The molecule has 0 unspecified atom stereocenters. The van der Waals surface area contributed by atoms with Crippen molar-refractivity contribution in [1.82, 2.24) is 4.72 Å². The number of nitrogens with one attached hydrogen (secondary N) is 2. The molecule has 0 aliphatic rings. The molecular weight excluding hydrogens is 268 g/mol. The van der Waals surface area contributed by atoms with Gasteiger partial charge in [-0.3, -0.25) is 0 Å². The van der Waals surface area contributed by atoms with E-state index in [9.17, 15) is 13.2 Å². The summed E-state index contributed by atoms with van der Waals surface area (Å²) >= 11 is 0. The molecule has 0 aliphatic heterocycles. The maximum atomic E-state index is 11.0. The highest BCUT2D eigenvalue weighted by atomic mass is 32.2. The van der Waals surface area contributed by atoms with E-state index in [2.05, 4.69) is 10.0 Å². The summed E-state index contributed by atoms with van der Waals surface area (Å²) in [7, 11) is -3.17. The lowest BCUT2D eigenvalue weighted by molar-refractivity contribution is 0.0698. The highest BCUT2D eigenvalue weighted by Crippen LogP contribution is 2.17. The normalized spacial score (nSPS) is 11.3. The van der Waals surface area contributed by atoms with Crippen LogP contribution < -0.4 is 10.0 Å². The van der Waals surface area contributed by atoms with E-state index in [1.807, 2.05) is 6.92 Å². The lowest BCUT2D eigenvalue weighted by Crippen LogP contribution is -2.24. The zero-order valence-corrected chi connectivity index (χ0v) is 11.8. The Morgan fingerprint density at radius 1 is 1.32 bits per heavy atom. The number of aryl methyl sites for hydroxylation is 1. The predicted molar refractivity (Wildman–Crippen MR) is 74.1 cm³/mol. The van der Waals surface area contributed by atoms with Crippen molar-refractivity contribution >= 4 is 21.7 Å². The van der Waals surface area contributed by atoms with Gasteiger partial charge in [0.15, 0.2) is 0 Å². The summed E-state index contributed by atoms with van der Waals surface area (Å²) in [6.45, 7) is 2.69. The molecule has 0 saturated carbocycles.